The second-order valence-electron chi connectivity index (χ2n) is 15.5. The first kappa shape index (κ1) is 49.3. The molecule has 0 radical (unpaired) electrons. The lowest BCUT2D eigenvalue weighted by Crippen LogP contribution is -2.36. The van der Waals surface area contributed by atoms with Crippen molar-refractivity contribution in [1.82, 2.24) is 38.7 Å². The molecule has 23 nitrogen and oxygen atoms in total. The molecule has 0 bridgehead atoms. The minimum Gasteiger partial charge on any atom is -0.494 e. The molecular weight excluding hydrogens is 901 g/mol. The second kappa shape index (κ2) is 21.4. The number of primary amides is 2. The average Bonchev–Trinajstić information content (AvgIpc) is 4.04. The maximum atomic E-state index is 13.7. The van der Waals surface area contributed by atoms with Gasteiger partial charge in [0, 0.05) is 63.7 Å². The van der Waals surface area contributed by atoms with Crippen LogP contribution in [0.2, 0.25) is 0 Å². The number of rotatable bonds is 21. The van der Waals surface area contributed by atoms with Crippen molar-refractivity contribution in [3.63, 3.8) is 0 Å². The van der Waals surface area contributed by atoms with E-state index in [1.165, 1.54) is 54.6 Å². The van der Waals surface area contributed by atoms with E-state index in [0.717, 1.165) is 4.90 Å². The molecule has 5 aromatic rings. The van der Waals surface area contributed by atoms with Crippen LogP contribution in [-0.2, 0) is 38.8 Å². The van der Waals surface area contributed by atoms with Crippen molar-refractivity contribution in [2.45, 2.75) is 58.0 Å². The van der Waals surface area contributed by atoms with Crippen LogP contribution in [0.3, 0.4) is 0 Å². The van der Waals surface area contributed by atoms with Gasteiger partial charge >= 0.3 is 0 Å². The molecule has 1 atom stereocenters. The number of hydrogen-bond donors (Lipinski definition) is 7. The summed E-state index contributed by atoms with van der Waals surface area (Å²) in [6.45, 7) is 4.41. The largest absolute Gasteiger partial charge is 0.494 e. The Bertz CT molecular complexity index is 2910. The summed E-state index contributed by atoms with van der Waals surface area (Å²) >= 11 is 4.12. The van der Waals surface area contributed by atoms with Gasteiger partial charge in [-0.05, 0) is 69.0 Å². The molecule has 358 valence electrons. The number of anilines is 2. The lowest BCUT2D eigenvalue weighted by atomic mass is 10.1. The van der Waals surface area contributed by atoms with Gasteiger partial charge in [-0.1, -0.05) is 12.2 Å². The molecule has 0 saturated carbocycles. The van der Waals surface area contributed by atoms with E-state index in [4.69, 9.17) is 32.4 Å². The molecule has 1 aliphatic rings. The van der Waals surface area contributed by atoms with Crippen LogP contribution in [0.5, 0.6) is 11.5 Å². The maximum Gasteiger partial charge on any atom is 0.276 e. The molecule has 24 heteroatoms. The Balaban J connectivity index is 1.30. The third-order valence-corrected chi connectivity index (χ3v) is 11.2. The number of aromatic nitrogens is 6. The van der Waals surface area contributed by atoms with Crippen LogP contribution in [0.4, 0.5) is 11.9 Å². The van der Waals surface area contributed by atoms with E-state index < -0.39 is 34.8 Å². The molecular formula is C44H52N14O9S. The molecule has 3 aromatic heterocycles. The average molecular weight is 953 g/mol. The minimum absolute atomic E-state index is 0.0103. The van der Waals surface area contributed by atoms with Gasteiger partial charge in [-0.25, -0.2) is 9.97 Å². The number of carbonyl (C=O) groups is 7. The summed E-state index contributed by atoms with van der Waals surface area (Å²) in [6, 6.07) is 7.50. The van der Waals surface area contributed by atoms with Crippen LogP contribution in [0.15, 0.2) is 66.5 Å². The number of benzene rings is 2. The van der Waals surface area contributed by atoms with Gasteiger partial charge in [0.2, 0.25) is 41.4 Å². The first-order valence-electron chi connectivity index (χ1n) is 21.2. The van der Waals surface area contributed by atoms with Crippen molar-refractivity contribution in [2.24, 2.45) is 22.9 Å². The number of fused-ring (bicyclic) bond motifs is 2. The number of likely N-dealkylation sites (tertiary alicyclic amines) is 1. The van der Waals surface area contributed by atoms with E-state index in [-0.39, 0.29) is 103 Å². The van der Waals surface area contributed by atoms with Crippen LogP contribution < -0.4 is 43.0 Å². The topological polar surface area (TPSA) is 326 Å². The molecule has 1 fully saturated rings. The molecule has 2 aromatic carbocycles. The normalized spacial score (nSPS) is 14.2. The fourth-order valence-electron chi connectivity index (χ4n) is 7.37. The smallest absolute Gasteiger partial charge is 0.276 e. The number of hydrogen-bond acceptors (Lipinski definition) is 15. The Morgan fingerprint density at radius 3 is 2.07 bits per heavy atom. The van der Waals surface area contributed by atoms with Gasteiger partial charge in [-0.2, -0.15) is 17.7 Å². The molecule has 1 saturated heterocycles. The number of allylic oxidation sites excluding steroid dienone is 4. The number of nitrogens with two attached hydrogens (primary N) is 4. The zero-order valence-corrected chi connectivity index (χ0v) is 38.6. The van der Waals surface area contributed by atoms with E-state index in [2.05, 4.69) is 38.3 Å². The number of imide groups is 1. The molecule has 1 unspecified atom stereocenters. The number of carbonyl (C=O) groups excluding carboxylic acids is 7. The first-order valence-corrected chi connectivity index (χ1v) is 21.7. The van der Waals surface area contributed by atoms with Crippen molar-refractivity contribution < 1.29 is 43.0 Å². The van der Waals surface area contributed by atoms with E-state index >= 15 is 0 Å². The standard InChI is InChI=1S/C44H52N14O9S/c1-5-58-30(18-24(2)53-58)41(64)52-44-49-28-19-25(38(47)61)21-31(66-4)36(28)56(44)14-6-7-15-57-37-29(50-43(57)51-40(63)27(46)10-8-12-45)20-26(39(48)62)22-32(37)67-17-9-13-54(3)34(59)11-16-55-35(60)23-33(68)42(55)65/h6-8,10,12,18-22,33,68H,5,9,11,13-17,23,45-46H2,1-4H3,(H2,47,61)(H2,48,62)(H,49,52,64)(H,50,51,63)/b7-6+,12-8-,27-10-. The molecule has 7 amide bonds. The van der Waals surface area contributed by atoms with Gasteiger partial charge in [0.05, 0.1) is 41.4 Å². The highest BCUT2D eigenvalue weighted by molar-refractivity contribution is 7.81. The molecule has 0 spiro atoms. The molecule has 1 aliphatic heterocycles. The predicted molar refractivity (Wildman–Crippen MR) is 253 cm³/mol. The highest BCUT2D eigenvalue weighted by Gasteiger charge is 2.36. The molecule has 68 heavy (non-hydrogen) atoms. The van der Waals surface area contributed by atoms with Crippen molar-refractivity contribution in [3.8, 4) is 11.5 Å². The Kier molecular flexibility index (Phi) is 15.5. The van der Waals surface area contributed by atoms with Crippen LogP contribution in [-0.4, -0.2) is 119 Å². The second-order valence-corrected chi connectivity index (χ2v) is 16.1. The van der Waals surface area contributed by atoms with Crippen molar-refractivity contribution in [3.05, 3.63) is 89.0 Å². The summed E-state index contributed by atoms with van der Waals surface area (Å²) in [6.07, 6.45) is 7.63. The van der Waals surface area contributed by atoms with Gasteiger partial charge in [0.25, 0.3) is 11.8 Å². The first-order chi connectivity index (χ1) is 32.4. The zero-order chi connectivity index (χ0) is 49.4. The number of nitrogens with zero attached hydrogens (tertiary/aromatic N) is 8. The lowest BCUT2D eigenvalue weighted by Gasteiger charge is -2.20. The molecule has 0 aliphatic carbocycles. The predicted octanol–water partition coefficient (Wildman–Crippen LogP) is 1.55. The van der Waals surface area contributed by atoms with Gasteiger partial charge in [-0.15, -0.1) is 0 Å². The fraction of sp³-hybridized carbons (Fsp3) is 0.318. The summed E-state index contributed by atoms with van der Waals surface area (Å²) in [5.41, 5.74) is 25.1. The van der Waals surface area contributed by atoms with Crippen LogP contribution in [0, 0.1) is 6.92 Å². The fourth-order valence-corrected chi connectivity index (χ4v) is 7.66. The maximum absolute atomic E-state index is 13.7. The number of methoxy groups -OCH3 is 1. The molecule has 4 heterocycles. The van der Waals surface area contributed by atoms with Gasteiger partial charge < -0.3 is 46.4 Å². The van der Waals surface area contributed by atoms with Gasteiger partial charge in [-0.3, -0.25) is 53.8 Å². The van der Waals surface area contributed by atoms with E-state index in [1.807, 2.05) is 6.92 Å². The SMILES string of the molecule is CCn1nc(C)cc1C(=O)Nc1nc2cc(C(N)=O)cc(OC)c2n1C/C=C/Cn1c(NC(=O)/C(N)=C/C=C\N)nc2cc(C(N)=O)cc(OCCCN(C)C(=O)CCN3C(=O)CC(S)C3=O)c21. The summed E-state index contributed by atoms with van der Waals surface area (Å²) < 4.78 is 16.8. The van der Waals surface area contributed by atoms with Crippen molar-refractivity contribution in [2.75, 3.05) is 44.5 Å². The Labute approximate surface area is 394 Å². The summed E-state index contributed by atoms with van der Waals surface area (Å²) in [4.78, 5) is 101. The molecule has 10 N–H and O–H groups in total. The quantitative estimate of drug-likeness (QED) is 0.0137. The zero-order valence-electron chi connectivity index (χ0n) is 37.7. The van der Waals surface area contributed by atoms with Crippen molar-refractivity contribution in [1.29, 1.82) is 0 Å². The van der Waals surface area contributed by atoms with Crippen LogP contribution in [0.1, 0.15) is 63.1 Å². The lowest BCUT2D eigenvalue weighted by molar-refractivity contribution is -0.139. The third-order valence-electron chi connectivity index (χ3n) is 10.8. The third kappa shape index (κ3) is 10.9. The number of amides is 7. The summed E-state index contributed by atoms with van der Waals surface area (Å²) in [5, 5.41) is 9.24. The summed E-state index contributed by atoms with van der Waals surface area (Å²) in [5.74, 6) is -3.20. The number of imidazole rings is 2. The Hall–Kier alpha value is -8.15. The van der Waals surface area contributed by atoms with E-state index in [0.29, 0.717) is 40.9 Å². The van der Waals surface area contributed by atoms with E-state index in [1.54, 1.807) is 46.0 Å². The number of thiol groups is 1. The number of aryl methyl sites for hydroxylation is 2. The number of nitrogens with one attached hydrogen (secondary N) is 2. The monoisotopic (exact) mass is 952 g/mol. The Morgan fingerprint density at radius 1 is 0.912 bits per heavy atom. The van der Waals surface area contributed by atoms with Crippen molar-refractivity contribution >= 4 is 87.9 Å². The van der Waals surface area contributed by atoms with Crippen LogP contribution in [0.25, 0.3) is 22.1 Å². The van der Waals surface area contributed by atoms with Gasteiger partial charge in [0.1, 0.15) is 28.2 Å². The Morgan fingerprint density at radius 2 is 1.51 bits per heavy atom. The summed E-state index contributed by atoms with van der Waals surface area (Å²) in [7, 11) is 3.01. The minimum atomic E-state index is -0.773. The molecule has 6 rings (SSSR count). The highest BCUT2D eigenvalue weighted by Crippen LogP contribution is 2.33. The number of ether oxygens (including phenoxy) is 2. The highest BCUT2D eigenvalue weighted by atomic mass is 32.1. The van der Waals surface area contributed by atoms with Gasteiger partial charge in [0.15, 0.2) is 0 Å². The van der Waals surface area contributed by atoms with Crippen LogP contribution >= 0.6 is 12.6 Å². The van der Waals surface area contributed by atoms with E-state index in [9.17, 15) is 33.6 Å².